The van der Waals surface area contributed by atoms with Crippen LogP contribution in [0, 0.1) is 6.92 Å². The first-order valence-corrected chi connectivity index (χ1v) is 9.22. The first-order valence-electron chi connectivity index (χ1n) is 8.34. The van der Waals surface area contributed by atoms with Crippen molar-refractivity contribution in [1.82, 2.24) is 4.98 Å². The van der Waals surface area contributed by atoms with E-state index in [1.165, 1.54) is 11.3 Å². The fourth-order valence-corrected chi connectivity index (χ4v) is 3.48. The summed E-state index contributed by atoms with van der Waals surface area (Å²) in [7, 11) is 0. The number of nitrogens with zero attached hydrogens (tertiary/aromatic N) is 2. The van der Waals surface area contributed by atoms with Gasteiger partial charge < -0.3 is 10.2 Å². The maximum atomic E-state index is 4.71. The average Bonchev–Trinajstić information content (AvgIpc) is 3.05. The van der Waals surface area contributed by atoms with Crippen molar-refractivity contribution >= 4 is 27.8 Å². The lowest BCUT2D eigenvalue weighted by Gasteiger charge is -2.20. The topological polar surface area (TPSA) is 28.2 Å². The Hall–Kier alpha value is -2.33. The Labute approximate surface area is 148 Å². The lowest BCUT2D eigenvalue weighted by atomic mass is 10.1. The molecule has 0 radical (unpaired) electrons. The van der Waals surface area contributed by atoms with Crippen LogP contribution in [0.2, 0.25) is 0 Å². The van der Waals surface area contributed by atoms with Crippen LogP contribution in [0.4, 0.5) is 16.5 Å². The van der Waals surface area contributed by atoms with Gasteiger partial charge in [0.15, 0.2) is 5.13 Å². The molecule has 0 unspecified atom stereocenters. The third-order valence-corrected chi connectivity index (χ3v) is 4.82. The second kappa shape index (κ2) is 7.49. The Balaban J connectivity index is 1.75. The summed E-state index contributed by atoms with van der Waals surface area (Å²) in [6, 6.07) is 17.0. The molecule has 0 amide bonds. The Morgan fingerprint density at radius 2 is 1.79 bits per heavy atom. The number of hydrogen-bond acceptors (Lipinski definition) is 4. The molecule has 3 aromatic rings. The van der Waals surface area contributed by atoms with Crippen molar-refractivity contribution in [2.45, 2.75) is 20.8 Å². The highest BCUT2D eigenvalue weighted by Crippen LogP contribution is 2.28. The van der Waals surface area contributed by atoms with E-state index in [1.807, 2.05) is 0 Å². The van der Waals surface area contributed by atoms with Crippen LogP contribution in [0.5, 0.6) is 0 Å². The number of aromatic nitrogens is 1. The van der Waals surface area contributed by atoms with Crippen LogP contribution in [0.3, 0.4) is 0 Å². The van der Waals surface area contributed by atoms with E-state index in [-0.39, 0.29) is 0 Å². The highest BCUT2D eigenvalue weighted by molar-refractivity contribution is 7.14. The van der Waals surface area contributed by atoms with Crippen molar-refractivity contribution in [3.8, 4) is 11.3 Å². The summed E-state index contributed by atoms with van der Waals surface area (Å²) in [6.07, 6.45) is 0. The summed E-state index contributed by atoms with van der Waals surface area (Å²) in [5, 5.41) is 6.40. The molecule has 1 N–H and O–H groups in total. The number of hydrogen-bond donors (Lipinski definition) is 1. The van der Waals surface area contributed by atoms with Crippen LogP contribution in [-0.4, -0.2) is 18.1 Å². The second-order valence-corrected chi connectivity index (χ2v) is 6.61. The molecule has 3 rings (SSSR count). The summed E-state index contributed by atoms with van der Waals surface area (Å²) in [5.41, 5.74) is 5.74. The summed E-state index contributed by atoms with van der Waals surface area (Å²) in [4.78, 5) is 7.06. The summed E-state index contributed by atoms with van der Waals surface area (Å²) in [5.74, 6) is 0. The number of anilines is 3. The summed E-state index contributed by atoms with van der Waals surface area (Å²) >= 11 is 1.63. The summed E-state index contributed by atoms with van der Waals surface area (Å²) in [6.45, 7) is 8.51. The minimum atomic E-state index is 0.920. The molecular formula is C20H23N3S. The predicted octanol–water partition coefficient (Wildman–Crippen LogP) is 5.71. The van der Waals surface area contributed by atoms with Crippen molar-refractivity contribution in [1.29, 1.82) is 0 Å². The van der Waals surface area contributed by atoms with Gasteiger partial charge in [-0.3, -0.25) is 0 Å². The van der Waals surface area contributed by atoms with Gasteiger partial charge in [0.25, 0.3) is 0 Å². The fourth-order valence-electron chi connectivity index (χ4n) is 2.74. The Bertz CT molecular complexity index is 789. The molecule has 0 aliphatic rings. The van der Waals surface area contributed by atoms with E-state index in [9.17, 15) is 0 Å². The Morgan fingerprint density at radius 1 is 1.04 bits per heavy atom. The number of thiazole rings is 1. The van der Waals surface area contributed by atoms with Gasteiger partial charge in [-0.25, -0.2) is 4.98 Å². The monoisotopic (exact) mass is 337 g/mol. The predicted molar refractivity (Wildman–Crippen MR) is 106 cm³/mol. The molecule has 0 aliphatic heterocycles. The van der Waals surface area contributed by atoms with Gasteiger partial charge in [-0.2, -0.15) is 0 Å². The summed E-state index contributed by atoms with van der Waals surface area (Å²) < 4.78 is 0. The van der Waals surface area contributed by atoms with Crippen LogP contribution in [0.1, 0.15) is 19.4 Å². The normalized spacial score (nSPS) is 10.6. The molecule has 0 aliphatic carbocycles. The lowest BCUT2D eigenvalue weighted by molar-refractivity contribution is 0.866. The number of rotatable bonds is 6. The quantitative estimate of drug-likeness (QED) is 0.624. The van der Waals surface area contributed by atoms with E-state index >= 15 is 0 Å². The highest BCUT2D eigenvalue weighted by Gasteiger charge is 2.07. The SMILES string of the molecule is CCN(CC)c1ccc(-c2csc(Nc3cccc(C)c3)n2)cc1. The van der Waals surface area contributed by atoms with Crippen LogP contribution in [-0.2, 0) is 0 Å². The third-order valence-electron chi connectivity index (χ3n) is 4.07. The van der Waals surface area contributed by atoms with E-state index in [2.05, 4.69) is 84.9 Å². The Morgan fingerprint density at radius 3 is 2.46 bits per heavy atom. The first kappa shape index (κ1) is 16.5. The molecule has 1 heterocycles. The van der Waals surface area contributed by atoms with Gasteiger partial charge in [-0.1, -0.05) is 24.3 Å². The molecule has 1 aromatic heterocycles. The highest BCUT2D eigenvalue weighted by atomic mass is 32.1. The maximum Gasteiger partial charge on any atom is 0.187 e. The van der Waals surface area contributed by atoms with Gasteiger partial charge >= 0.3 is 0 Å². The van der Waals surface area contributed by atoms with Crippen LogP contribution < -0.4 is 10.2 Å². The molecule has 0 fully saturated rings. The van der Waals surface area contributed by atoms with Crippen molar-refractivity contribution in [2.75, 3.05) is 23.3 Å². The Kier molecular flexibility index (Phi) is 5.16. The molecule has 0 atom stereocenters. The first-order chi connectivity index (χ1) is 11.7. The molecule has 4 heteroatoms. The van der Waals surface area contributed by atoms with Crippen molar-refractivity contribution in [3.05, 3.63) is 59.5 Å². The number of nitrogens with one attached hydrogen (secondary N) is 1. The minimum Gasteiger partial charge on any atom is -0.372 e. The van der Waals surface area contributed by atoms with E-state index in [0.29, 0.717) is 0 Å². The molecular weight excluding hydrogens is 314 g/mol. The molecule has 124 valence electrons. The van der Waals surface area contributed by atoms with Gasteiger partial charge in [0, 0.05) is 35.4 Å². The standard InChI is InChI=1S/C20H23N3S/c1-4-23(5-2)18-11-9-16(10-12-18)19-14-24-20(22-19)21-17-8-6-7-15(3)13-17/h6-14H,4-5H2,1-3H3,(H,21,22). The van der Waals surface area contributed by atoms with Gasteiger partial charge in [-0.05, 0) is 50.6 Å². The maximum absolute atomic E-state index is 4.71. The molecule has 2 aromatic carbocycles. The largest absolute Gasteiger partial charge is 0.372 e. The second-order valence-electron chi connectivity index (χ2n) is 5.75. The zero-order chi connectivity index (χ0) is 16.9. The van der Waals surface area contributed by atoms with Crippen molar-refractivity contribution < 1.29 is 0 Å². The number of aryl methyl sites for hydroxylation is 1. The van der Waals surface area contributed by atoms with Crippen LogP contribution in [0.15, 0.2) is 53.9 Å². The third kappa shape index (κ3) is 3.77. The van der Waals surface area contributed by atoms with Gasteiger partial charge in [0.2, 0.25) is 0 Å². The molecule has 0 bridgehead atoms. The zero-order valence-corrected chi connectivity index (χ0v) is 15.2. The van der Waals surface area contributed by atoms with Crippen LogP contribution >= 0.6 is 11.3 Å². The smallest absolute Gasteiger partial charge is 0.187 e. The lowest BCUT2D eigenvalue weighted by Crippen LogP contribution is -2.21. The van der Waals surface area contributed by atoms with E-state index in [4.69, 9.17) is 4.98 Å². The molecule has 3 nitrogen and oxygen atoms in total. The fraction of sp³-hybridized carbons (Fsp3) is 0.250. The van der Waals surface area contributed by atoms with Crippen LogP contribution in [0.25, 0.3) is 11.3 Å². The number of benzene rings is 2. The molecule has 0 saturated heterocycles. The van der Waals surface area contributed by atoms with Crippen molar-refractivity contribution in [3.63, 3.8) is 0 Å². The molecule has 24 heavy (non-hydrogen) atoms. The van der Waals surface area contributed by atoms with Gasteiger partial charge in [0.1, 0.15) is 0 Å². The van der Waals surface area contributed by atoms with Gasteiger partial charge in [0.05, 0.1) is 5.69 Å². The molecule has 0 saturated carbocycles. The van der Waals surface area contributed by atoms with Crippen molar-refractivity contribution in [2.24, 2.45) is 0 Å². The molecule has 0 spiro atoms. The zero-order valence-electron chi connectivity index (χ0n) is 14.4. The minimum absolute atomic E-state index is 0.920. The van der Waals surface area contributed by atoms with E-state index in [1.54, 1.807) is 11.3 Å². The average molecular weight is 337 g/mol. The van der Waals surface area contributed by atoms with E-state index < -0.39 is 0 Å². The van der Waals surface area contributed by atoms with Gasteiger partial charge in [-0.15, -0.1) is 11.3 Å². The van der Waals surface area contributed by atoms with E-state index in [0.717, 1.165) is 35.2 Å².